The second-order valence-electron chi connectivity index (χ2n) is 4.84. The second kappa shape index (κ2) is 6.88. The average Bonchev–Trinajstić information content (AvgIpc) is 2.36. The first-order valence-electron chi connectivity index (χ1n) is 6.41. The Morgan fingerprint density at radius 2 is 1.85 bits per heavy atom. The van der Waals surface area contributed by atoms with Gasteiger partial charge in [-0.05, 0) is 13.8 Å². The summed E-state index contributed by atoms with van der Waals surface area (Å²) >= 11 is 0. The van der Waals surface area contributed by atoms with Gasteiger partial charge in [0.25, 0.3) is 0 Å². The maximum atomic E-state index is 11.8. The monoisotopic (exact) mass is 281 g/mol. The number of anilines is 2. The van der Waals surface area contributed by atoms with Gasteiger partial charge in [0.05, 0.1) is 32.1 Å². The molecule has 0 spiro atoms. The van der Waals surface area contributed by atoms with Gasteiger partial charge in [0.2, 0.25) is 5.91 Å². The quantitative estimate of drug-likeness (QED) is 0.767. The molecule has 112 valence electrons. The van der Waals surface area contributed by atoms with E-state index in [4.69, 9.17) is 15.2 Å². The molecule has 0 saturated heterocycles. The zero-order valence-corrected chi connectivity index (χ0v) is 12.7. The molecular formula is C14H23N3O3. The largest absolute Gasteiger partial charge is 0.493 e. The highest BCUT2D eigenvalue weighted by molar-refractivity contribution is 5.83. The summed E-state index contributed by atoms with van der Waals surface area (Å²) in [5.41, 5.74) is 7.24. The normalized spacial score (nSPS) is 10.3. The molecule has 1 rings (SSSR count). The first kappa shape index (κ1) is 15.9. The number of benzene rings is 1. The Labute approximate surface area is 119 Å². The maximum Gasteiger partial charge on any atom is 0.239 e. The van der Waals surface area contributed by atoms with Crippen LogP contribution in [0.5, 0.6) is 11.5 Å². The molecule has 1 aromatic carbocycles. The van der Waals surface area contributed by atoms with Gasteiger partial charge in [0.1, 0.15) is 0 Å². The zero-order chi connectivity index (χ0) is 15.3. The number of hydrogen-bond acceptors (Lipinski definition) is 5. The number of carbonyl (C=O) groups excluding carboxylic acids is 1. The fourth-order valence-electron chi connectivity index (χ4n) is 1.88. The van der Waals surface area contributed by atoms with E-state index in [-0.39, 0.29) is 18.5 Å². The molecule has 0 aliphatic rings. The Hall–Kier alpha value is -2.11. The van der Waals surface area contributed by atoms with Crippen molar-refractivity contribution >= 4 is 17.3 Å². The molecule has 0 unspecified atom stereocenters. The van der Waals surface area contributed by atoms with Crippen LogP contribution in [0.1, 0.15) is 13.8 Å². The van der Waals surface area contributed by atoms with E-state index in [1.165, 1.54) is 0 Å². The van der Waals surface area contributed by atoms with Gasteiger partial charge in [-0.2, -0.15) is 0 Å². The molecular weight excluding hydrogens is 258 g/mol. The van der Waals surface area contributed by atoms with Crippen molar-refractivity contribution < 1.29 is 14.3 Å². The summed E-state index contributed by atoms with van der Waals surface area (Å²) in [5, 5.41) is 2.84. The van der Waals surface area contributed by atoms with Crippen molar-refractivity contribution in [1.29, 1.82) is 0 Å². The van der Waals surface area contributed by atoms with E-state index in [1.54, 1.807) is 38.3 Å². The summed E-state index contributed by atoms with van der Waals surface area (Å²) in [6, 6.07) is 3.56. The number of nitrogens with zero attached hydrogens (tertiary/aromatic N) is 1. The molecule has 0 fully saturated rings. The van der Waals surface area contributed by atoms with Gasteiger partial charge in [0, 0.05) is 25.2 Å². The van der Waals surface area contributed by atoms with Crippen molar-refractivity contribution in [1.82, 2.24) is 5.32 Å². The van der Waals surface area contributed by atoms with Gasteiger partial charge in [-0.1, -0.05) is 0 Å². The number of methoxy groups -OCH3 is 2. The highest BCUT2D eigenvalue weighted by Gasteiger charge is 2.15. The van der Waals surface area contributed by atoms with E-state index in [0.717, 1.165) is 5.69 Å². The fraction of sp³-hybridized carbons (Fsp3) is 0.500. The first-order chi connectivity index (χ1) is 9.38. The van der Waals surface area contributed by atoms with Gasteiger partial charge < -0.3 is 25.4 Å². The molecule has 0 radical (unpaired) electrons. The van der Waals surface area contributed by atoms with E-state index < -0.39 is 0 Å². The van der Waals surface area contributed by atoms with E-state index in [1.807, 2.05) is 13.8 Å². The van der Waals surface area contributed by atoms with Crippen LogP contribution in [0.3, 0.4) is 0 Å². The summed E-state index contributed by atoms with van der Waals surface area (Å²) in [6.07, 6.45) is 0. The van der Waals surface area contributed by atoms with Crippen molar-refractivity contribution in [2.24, 2.45) is 0 Å². The van der Waals surface area contributed by atoms with Crippen LogP contribution < -0.4 is 25.4 Å². The molecule has 6 heteroatoms. The number of nitrogens with one attached hydrogen (secondary N) is 1. The average molecular weight is 281 g/mol. The van der Waals surface area contributed by atoms with Gasteiger partial charge in [-0.3, -0.25) is 4.79 Å². The Kier molecular flexibility index (Phi) is 5.49. The third-order valence-corrected chi connectivity index (χ3v) is 2.77. The lowest BCUT2D eigenvalue weighted by Crippen LogP contribution is -2.38. The van der Waals surface area contributed by atoms with Gasteiger partial charge in [-0.25, -0.2) is 0 Å². The summed E-state index contributed by atoms with van der Waals surface area (Å²) in [4.78, 5) is 13.5. The summed E-state index contributed by atoms with van der Waals surface area (Å²) in [7, 11) is 4.91. The summed E-state index contributed by atoms with van der Waals surface area (Å²) in [6.45, 7) is 4.06. The number of carbonyl (C=O) groups is 1. The van der Waals surface area contributed by atoms with Crippen molar-refractivity contribution in [3.8, 4) is 11.5 Å². The van der Waals surface area contributed by atoms with Crippen LogP contribution in [-0.2, 0) is 4.79 Å². The Morgan fingerprint density at radius 3 is 2.35 bits per heavy atom. The van der Waals surface area contributed by atoms with Crippen LogP contribution >= 0.6 is 0 Å². The lowest BCUT2D eigenvalue weighted by molar-refractivity contribution is -0.120. The molecule has 1 aromatic rings. The number of nitrogens with two attached hydrogens (primary N) is 1. The third-order valence-electron chi connectivity index (χ3n) is 2.77. The van der Waals surface area contributed by atoms with E-state index >= 15 is 0 Å². The molecule has 0 aliphatic carbocycles. The van der Waals surface area contributed by atoms with Crippen LogP contribution in [0.4, 0.5) is 11.4 Å². The molecule has 0 aromatic heterocycles. The number of amides is 1. The Morgan fingerprint density at radius 1 is 1.30 bits per heavy atom. The molecule has 0 aliphatic heterocycles. The standard InChI is InChI=1S/C14H23N3O3/c1-9(2)16-14(18)8-17(3)11-7-13(20-5)12(19-4)6-10(11)15/h6-7,9H,8,15H2,1-5H3,(H,16,18). The van der Waals surface area contributed by atoms with Crippen LogP contribution in [0, 0.1) is 0 Å². The number of likely N-dealkylation sites (N-methyl/N-ethyl adjacent to an activating group) is 1. The van der Waals surface area contributed by atoms with Crippen molar-refractivity contribution in [2.75, 3.05) is 38.4 Å². The molecule has 0 atom stereocenters. The molecule has 0 bridgehead atoms. The van der Waals surface area contributed by atoms with E-state index in [9.17, 15) is 4.79 Å². The third kappa shape index (κ3) is 3.94. The second-order valence-corrected chi connectivity index (χ2v) is 4.84. The van der Waals surface area contributed by atoms with Crippen LogP contribution in [0.25, 0.3) is 0 Å². The molecule has 1 amide bonds. The van der Waals surface area contributed by atoms with Crippen LogP contribution in [0.2, 0.25) is 0 Å². The molecule has 0 saturated carbocycles. The predicted octanol–water partition coefficient (Wildman–Crippen LogP) is 1.25. The number of ether oxygens (including phenoxy) is 2. The number of rotatable bonds is 6. The number of nitrogen functional groups attached to an aromatic ring is 1. The fourth-order valence-corrected chi connectivity index (χ4v) is 1.88. The Balaban J connectivity index is 2.92. The molecule has 3 N–H and O–H groups in total. The zero-order valence-electron chi connectivity index (χ0n) is 12.7. The van der Waals surface area contributed by atoms with Gasteiger partial charge >= 0.3 is 0 Å². The highest BCUT2D eigenvalue weighted by Crippen LogP contribution is 2.36. The van der Waals surface area contributed by atoms with E-state index in [2.05, 4.69) is 5.32 Å². The molecule has 0 heterocycles. The minimum atomic E-state index is -0.0586. The van der Waals surface area contributed by atoms with Gasteiger partial charge in [0.15, 0.2) is 11.5 Å². The topological polar surface area (TPSA) is 76.8 Å². The molecule has 6 nitrogen and oxygen atoms in total. The van der Waals surface area contributed by atoms with Crippen LogP contribution in [0.15, 0.2) is 12.1 Å². The van der Waals surface area contributed by atoms with E-state index in [0.29, 0.717) is 17.2 Å². The van der Waals surface area contributed by atoms with Crippen LogP contribution in [-0.4, -0.2) is 39.8 Å². The summed E-state index contributed by atoms with van der Waals surface area (Å²) < 4.78 is 10.4. The SMILES string of the molecule is COc1cc(N)c(N(C)CC(=O)NC(C)C)cc1OC. The maximum absolute atomic E-state index is 11.8. The number of hydrogen-bond donors (Lipinski definition) is 2. The lowest BCUT2D eigenvalue weighted by Gasteiger charge is -2.22. The molecule has 20 heavy (non-hydrogen) atoms. The first-order valence-corrected chi connectivity index (χ1v) is 6.41. The van der Waals surface area contributed by atoms with Gasteiger partial charge in [-0.15, -0.1) is 0 Å². The Bertz CT molecular complexity index is 475. The highest BCUT2D eigenvalue weighted by atomic mass is 16.5. The lowest BCUT2D eigenvalue weighted by atomic mass is 10.2. The van der Waals surface area contributed by atoms with Crippen molar-refractivity contribution in [2.45, 2.75) is 19.9 Å². The van der Waals surface area contributed by atoms with Crippen molar-refractivity contribution in [3.05, 3.63) is 12.1 Å². The minimum Gasteiger partial charge on any atom is -0.493 e. The smallest absolute Gasteiger partial charge is 0.239 e. The summed E-state index contributed by atoms with van der Waals surface area (Å²) in [5.74, 6) is 1.08. The predicted molar refractivity (Wildman–Crippen MR) is 80.5 cm³/mol. The van der Waals surface area contributed by atoms with Crippen molar-refractivity contribution in [3.63, 3.8) is 0 Å². The minimum absolute atomic E-state index is 0.0586.